The number of ether oxygens (including phenoxy) is 1. The standard InChI is InChI=1S/C13H28N4O3/c1-13(2,12(14)17-19)6-4-7-15-8-5-11(18)16-9-10-20-3/h15,19H,4-10H2,1-3H3,(H2,14,17)(H,16,18). The first-order chi connectivity index (χ1) is 9.44. The fourth-order valence-electron chi connectivity index (χ4n) is 1.63. The summed E-state index contributed by atoms with van der Waals surface area (Å²) in [4.78, 5) is 11.4. The zero-order chi connectivity index (χ0) is 15.4. The molecule has 5 N–H and O–H groups in total. The lowest BCUT2D eigenvalue weighted by molar-refractivity contribution is -0.121. The van der Waals surface area contributed by atoms with E-state index in [1.165, 1.54) is 0 Å². The van der Waals surface area contributed by atoms with Crippen molar-refractivity contribution in [3.8, 4) is 0 Å². The zero-order valence-electron chi connectivity index (χ0n) is 12.7. The van der Waals surface area contributed by atoms with Gasteiger partial charge in [0.25, 0.3) is 0 Å². The lowest BCUT2D eigenvalue weighted by Crippen LogP contribution is -2.33. The highest BCUT2D eigenvalue weighted by atomic mass is 16.5. The van der Waals surface area contributed by atoms with E-state index < -0.39 is 0 Å². The highest BCUT2D eigenvalue weighted by Crippen LogP contribution is 2.21. The van der Waals surface area contributed by atoms with Crippen molar-refractivity contribution in [3.63, 3.8) is 0 Å². The fourth-order valence-corrected chi connectivity index (χ4v) is 1.63. The molecule has 7 nitrogen and oxygen atoms in total. The van der Waals surface area contributed by atoms with Gasteiger partial charge in [-0.05, 0) is 19.4 Å². The van der Waals surface area contributed by atoms with Crippen LogP contribution in [0.4, 0.5) is 0 Å². The first-order valence-electron chi connectivity index (χ1n) is 6.88. The van der Waals surface area contributed by atoms with E-state index in [9.17, 15) is 4.79 Å². The summed E-state index contributed by atoms with van der Waals surface area (Å²) in [5.41, 5.74) is 5.29. The van der Waals surface area contributed by atoms with Gasteiger partial charge in [0.05, 0.1) is 6.61 Å². The topological polar surface area (TPSA) is 109 Å². The van der Waals surface area contributed by atoms with E-state index in [0.717, 1.165) is 19.4 Å². The van der Waals surface area contributed by atoms with E-state index in [2.05, 4.69) is 15.8 Å². The van der Waals surface area contributed by atoms with Gasteiger partial charge >= 0.3 is 0 Å². The Morgan fingerprint density at radius 3 is 2.65 bits per heavy atom. The van der Waals surface area contributed by atoms with Crippen molar-refractivity contribution in [1.82, 2.24) is 10.6 Å². The monoisotopic (exact) mass is 288 g/mol. The summed E-state index contributed by atoms with van der Waals surface area (Å²) in [5, 5.41) is 17.7. The molecule has 0 atom stereocenters. The Bertz CT molecular complexity index is 306. The third kappa shape index (κ3) is 8.71. The smallest absolute Gasteiger partial charge is 0.221 e. The van der Waals surface area contributed by atoms with Crippen molar-refractivity contribution >= 4 is 11.7 Å². The third-order valence-corrected chi connectivity index (χ3v) is 3.11. The molecule has 0 aliphatic rings. The molecule has 0 rings (SSSR count). The Balaban J connectivity index is 3.56. The number of carbonyl (C=O) groups excluding carboxylic acids is 1. The summed E-state index contributed by atoms with van der Waals surface area (Å²) in [6.45, 7) is 6.39. The molecule has 0 fully saturated rings. The van der Waals surface area contributed by atoms with Gasteiger partial charge in [0, 0.05) is 32.0 Å². The van der Waals surface area contributed by atoms with Crippen molar-refractivity contribution in [1.29, 1.82) is 0 Å². The summed E-state index contributed by atoms with van der Waals surface area (Å²) in [5.74, 6) is 0.265. The SMILES string of the molecule is COCCNC(=O)CCNCCCC(C)(C)C(N)=NO. The Kier molecular flexibility index (Phi) is 9.75. The van der Waals surface area contributed by atoms with E-state index >= 15 is 0 Å². The van der Waals surface area contributed by atoms with Crippen LogP contribution in [0.25, 0.3) is 0 Å². The lowest BCUT2D eigenvalue weighted by Gasteiger charge is -2.22. The first kappa shape index (κ1) is 18.7. The lowest BCUT2D eigenvalue weighted by atomic mass is 9.86. The van der Waals surface area contributed by atoms with Gasteiger partial charge in [-0.25, -0.2) is 0 Å². The maximum Gasteiger partial charge on any atom is 0.221 e. The number of nitrogens with one attached hydrogen (secondary N) is 2. The summed E-state index contributed by atoms with van der Waals surface area (Å²) in [6.07, 6.45) is 2.16. The molecule has 0 bridgehead atoms. The number of nitrogens with two attached hydrogens (primary N) is 1. The van der Waals surface area contributed by atoms with Crippen molar-refractivity contribution < 1.29 is 14.7 Å². The normalized spacial score (nSPS) is 12.4. The molecule has 7 heteroatoms. The van der Waals surface area contributed by atoms with E-state index in [0.29, 0.717) is 26.1 Å². The molecule has 0 radical (unpaired) electrons. The van der Waals surface area contributed by atoms with Crippen LogP contribution in [0.5, 0.6) is 0 Å². The maximum atomic E-state index is 11.4. The van der Waals surface area contributed by atoms with Gasteiger partial charge in [0.2, 0.25) is 5.91 Å². The average molecular weight is 288 g/mol. The molecule has 20 heavy (non-hydrogen) atoms. The van der Waals surface area contributed by atoms with Crippen LogP contribution < -0.4 is 16.4 Å². The first-order valence-corrected chi connectivity index (χ1v) is 6.88. The van der Waals surface area contributed by atoms with Gasteiger partial charge in [-0.1, -0.05) is 19.0 Å². The Morgan fingerprint density at radius 1 is 1.35 bits per heavy atom. The molecular weight excluding hydrogens is 260 g/mol. The Hall–Kier alpha value is -1.34. The number of amides is 1. The van der Waals surface area contributed by atoms with Crippen molar-refractivity contribution in [2.45, 2.75) is 33.1 Å². The van der Waals surface area contributed by atoms with Gasteiger partial charge in [-0.15, -0.1) is 0 Å². The average Bonchev–Trinajstić information content (AvgIpc) is 2.41. The second-order valence-corrected chi connectivity index (χ2v) is 5.32. The Labute approximate surface area is 120 Å². The van der Waals surface area contributed by atoms with Crippen LogP contribution >= 0.6 is 0 Å². The molecule has 118 valence electrons. The molecule has 0 heterocycles. The van der Waals surface area contributed by atoms with Gasteiger partial charge in [0.1, 0.15) is 5.84 Å². The minimum atomic E-state index is -0.312. The van der Waals surface area contributed by atoms with E-state index in [-0.39, 0.29) is 17.2 Å². The number of carbonyl (C=O) groups is 1. The molecule has 0 aliphatic carbocycles. The molecule has 0 aromatic heterocycles. The molecule has 0 aromatic rings. The molecule has 0 aromatic carbocycles. The number of hydrogen-bond donors (Lipinski definition) is 4. The van der Waals surface area contributed by atoms with Crippen LogP contribution in [0.15, 0.2) is 5.16 Å². The predicted molar refractivity (Wildman–Crippen MR) is 78.8 cm³/mol. The molecule has 1 amide bonds. The number of oxime groups is 1. The summed E-state index contributed by atoms with van der Waals surface area (Å²) in [7, 11) is 1.60. The largest absolute Gasteiger partial charge is 0.409 e. The van der Waals surface area contributed by atoms with Crippen LogP contribution in [0.2, 0.25) is 0 Å². The van der Waals surface area contributed by atoms with Crippen molar-refractivity contribution in [2.75, 3.05) is 33.4 Å². The summed E-state index contributed by atoms with van der Waals surface area (Å²) < 4.78 is 4.84. The van der Waals surface area contributed by atoms with Crippen molar-refractivity contribution in [3.05, 3.63) is 0 Å². The summed E-state index contributed by atoms with van der Waals surface area (Å²) >= 11 is 0. The highest BCUT2D eigenvalue weighted by Gasteiger charge is 2.22. The van der Waals surface area contributed by atoms with Crippen LogP contribution in [-0.2, 0) is 9.53 Å². The highest BCUT2D eigenvalue weighted by molar-refractivity contribution is 5.85. The summed E-state index contributed by atoms with van der Waals surface area (Å²) in [6, 6.07) is 0. The minimum Gasteiger partial charge on any atom is -0.409 e. The van der Waals surface area contributed by atoms with Gasteiger partial charge in [-0.3, -0.25) is 4.79 Å². The molecule has 0 saturated heterocycles. The van der Waals surface area contributed by atoms with E-state index in [1.807, 2.05) is 13.8 Å². The quantitative estimate of drug-likeness (QED) is 0.144. The van der Waals surface area contributed by atoms with E-state index in [4.69, 9.17) is 15.7 Å². The number of nitrogens with zero attached hydrogens (tertiary/aromatic N) is 1. The second kappa shape index (κ2) is 10.4. The Morgan fingerprint density at radius 2 is 2.05 bits per heavy atom. The number of methoxy groups -OCH3 is 1. The van der Waals surface area contributed by atoms with Gasteiger partial charge in [0.15, 0.2) is 0 Å². The number of amidine groups is 1. The van der Waals surface area contributed by atoms with Gasteiger partial charge < -0.3 is 26.3 Å². The molecule has 0 aliphatic heterocycles. The zero-order valence-corrected chi connectivity index (χ0v) is 12.7. The second-order valence-electron chi connectivity index (χ2n) is 5.32. The molecule has 0 spiro atoms. The van der Waals surface area contributed by atoms with E-state index in [1.54, 1.807) is 7.11 Å². The fraction of sp³-hybridized carbons (Fsp3) is 0.846. The minimum absolute atomic E-state index is 0.0199. The van der Waals surface area contributed by atoms with Crippen LogP contribution in [0.1, 0.15) is 33.1 Å². The van der Waals surface area contributed by atoms with Crippen molar-refractivity contribution in [2.24, 2.45) is 16.3 Å². The predicted octanol–water partition coefficient (Wildman–Crippen LogP) is 0.282. The van der Waals surface area contributed by atoms with Crippen LogP contribution in [0, 0.1) is 5.41 Å². The van der Waals surface area contributed by atoms with Crippen LogP contribution in [0.3, 0.4) is 0 Å². The molecule has 0 unspecified atom stereocenters. The van der Waals surface area contributed by atoms with Gasteiger partial charge in [-0.2, -0.15) is 0 Å². The van der Waals surface area contributed by atoms with Crippen LogP contribution in [-0.4, -0.2) is 50.3 Å². The molecule has 0 saturated carbocycles. The maximum absolute atomic E-state index is 11.4. The third-order valence-electron chi connectivity index (χ3n) is 3.11. The number of rotatable bonds is 11. The molecular formula is C13H28N4O3. The number of hydrogen-bond acceptors (Lipinski definition) is 5.